The van der Waals surface area contributed by atoms with Crippen LogP contribution in [0.3, 0.4) is 0 Å². The number of amides is 1. The standard InChI is InChI=1S/C22H23F3N4O/c1-13(2)20-18(21(30)28-15(4)17-8-6-5-7-14(17)3)12-27-29(20)19-10-9-16(11-26-19)22(23,24)25/h5-13,15H,1-4H3,(H,28,30). The molecule has 2 heterocycles. The first-order chi connectivity index (χ1) is 14.1. The summed E-state index contributed by atoms with van der Waals surface area (Å²) in [6.07, 6.45) is -2.27. The van der Waals surface area contributed by atoms with Gasteiger partial charge in [-0.2, -0.15) is 18.3 Å². The van der Waals surface area contributed by atoms with E-state index < -0.39 is 11.7 Å². The number of hydrogen-bond acceptors (Lipinski definition) is 3. The summed E-state index contributed by atoms with van der Waals surface area (Å²) >= 11 is 0. The van der Waals surface area contributed by atoms with E-state index in [1.165, 1.54) is 16.9 Å². The Morgan fingerprint density at radius 2 is 1.77 bits per heavy atom. The van der Waals surface area contributed by atoms with Crippen molar-refractivity contribution in [1.82, 2.24) is 20.1 Å². The van der Waals surface area contributed by atoms with Crippen molar-refractivity contribution in [2.45, 2.75) is 45.8 Å². The minimum atomic E-state index is -4.47. The zero-order valence-corrected chi connectivity index (χ0v) is 17.2. The van der Waals surface area contributed by atoms with Crippen molar-refractivity contribution in [3.05, 3.63) is 76.7 Å². The van der Waals surface area contributed by atoms with Gasteiger partial charge >= 0.3 is 6.18 Å². The van der Waals surface area contributed by atoms with Crippen molar-refractivity contribution in [2.75, 3.05) is 0 Å². The van der Waals surface area contributed by atoms with Gasteiger partial charge in [0.25, 0.3) is 5.91 Å². The molecule has 0 saturated heterocycles. The average molecular weight is 416 g/mol. The smallest absolute Gasteiger partial charge is 0.345 e. The summed E-state index contributed by atoms with van der Waals surface area (Å²) < 4.78 is 39.9. The summed E-state index contributed by atoms with van der Waals surface area (Å²) in [6, 6.07) is 9.77. The molecule has 0 aliphatic heterocycles. The van der Waals surface area contributed by atoms with Gasteiger partial charge in [-0.05, 0) is 43.0 Å². The van der Waals surface area contributed by atoms with Gasteiger partial charge < -0.3 is 5.32 Å². The molecule has 0 radical (unpaired) electrons. The summed E-state index contributed by atoms with van der Waals surface area (Å²) in [7, 11) is 0. The SMILES string of the molecule is Cc1ccccc1C(C)NC(=O)c1cnn(-c2ccc(C(F)(F)F)cn2)c1C(C)C. The van der Waals surface area contributed by atoms with Crippen LogP contribution in [0.15, 0.2) is 48.8 Å². The minimum absolute atomic E-state index is 0.105. The molecule has 1 atom stereocenters. The fraction of sp³-hybridized carbons (Fsp3) is 0.318. The number of alkyl halides is 3. The zero-order valence-electron chi connectivity index (χ0n) is 17.2. The monoisotopic (exact) mass is 416 g/mol. The number of aryl methyl sites for hydroxylation is 1. The first-order valence-electron chi connectivity index (χ1n) is 9.57. The van der Waals surface area contributed by atoms with Crippen LogP contribution in [0.1, 0.15) is 65.5 Å². The topological polar surface area (TPSA) is 59.8 Å². The fourth-order valence-electron chi connectivity index (χ4n) is 3.37. The molecule has 0 saturated carbocycles. The first kappa shape index (κ1) is 21.5. The maximum atomic E-state index is 13.0. The second kappa shape index (κ2) is 8.30. The molecule has 0 aliphatic rings. The van der Waals surface area contributed by atoms with E-state index in [4.69, 9.17) is 0 Å². The Morgan fingerprint density at radius 3 is 2.33 bits per heavy atom. The molecule has 3 aromatic rings. The molecule has 5 nitrogen and oxygen atoms in total. The van der Waals surface area contributed by atoms with Crippen LogP contribution in [-0.2, 0) is 6.18 Å². The van der Waals surface area contributed by atoms with Gasteiger partial charge in [0, 0.05) is 6.20 Å². The van der Waals surface area contributed by atoms with E-state index in [2.05, 4.69) is 15.4 Å². The van der Waals surface area contributed by atoms with E-state index in [0.717, 1.165) is 23.4 Å². The Labute approximate surface area is 173 Å². The molecule has 0 fully saturated rings. The number of benzene rings is 1. The lowest BCUT2D eigenvalue weighted by molar-refractivity contribution is -0.137. The third-order valence-electron chi connectivity index (χ3n) is 4.89. The number of nitrogens with one attached hydrogen (secondary N) is 1. The molecular formula is C22H23F3N4O. The highest BCUT2D eigenvalue weighted by Gasteiger charge is 2.31. The third-order valence-corrected chi connectivity index (χ3v) is 4.89. The van der Waals surface area contributed by atoms with Crippen molar-refractivity contribution in [3.63, 3.8) is 0 Å². The van der Waals surface area contributed by atoms with Crippen molar-refractivity contribution in [2.24, 2.45) is 0 Å². The molecule has 0 aliphatic carbocycles. The van der Waals surface area contributed by atoms with Crippen LogP contribution in [0, 0.1) is 6.92 Å². The molecular weight excluding hydrogens is 393 g/mol. The Kier molecular flexibility index (Phi) is 5.96. The van der Waals surface area contributed by atoms with Crippen molar-refractivity contribution >= 4 is 5.91 Å². The molecule has 3 rings (SSSR count). The summed E-state index contributed by atoms with van der Waals surface area (Å²) in [5.41, 5.74) is 2.19. The fourth-order valence-corrected chi connectivity index (χ4v) is 3.37. The number of rotatable bonds is 5. The number of halogens is 3. The minimum Gasteiger partial charge on any atom is -0.345 e. The van der Waals surface area contributed by atoms with Gasteiger partial charge in [-0.25, -0.2) is 9.67 Å². The highest BCUT2D eigenvalue weighted by Crippen LogP contribution is 2.29. The summed E-state index contributed by atoms with van der Waals surface area (Å²) in [6.45, 7) is 7.65. The maximum absolute atomic E-state index is 13.0. The van der Waals surface area contributed by atoms with Gasteiger partial charge in [-0.1, -0.05) is 38.1 Å². The van der Waals surface area contributed by atoms with E-state index in [0.29, 0.717) is 11.3 Å². The van der Waals surface area contributed by atoms with E-state index in [-0.39, 0.29) is 23.7 Å². The Morgan fingerprint density at radius 1 is 1.07 bits per heavy atom. The molecule has 2 aromatic heterocycles. The summed E-state index contributed by atoms with van der Waals surface area (Å²) in [5.74, 6) is -0.184. The highest BCUT2D eigenvalue weighted by atomic mass is 19.4. The second-order valence-corrected chi connectivity index (χ2v) is 7.46. The third kappa shape index (κ3) is 4.37. The lowest BCUT2D eigenvalue weighted by Crippen LogP contribution is -2.28. The second-order valence-electron chi connectivity index (χ2n) is 7.46. The number of carbonyl (C=O) groups excluding carboxylic acids is 1. The van der Waals surface area contributed by atoms with Gasteiger partial charge in [0.2, 0.25) is 0 Å². The average Bonchev–Trinajstić information content (AvgIpc) is 3.13. The predicted molar refractivity (Wildman–Crippen MR) is 108 cm³/mol. The van der Waals surface area contributed by atoms with Crippen LogP contribution in [0.2, 0.25) is 0 Å². The quantitative estimate of drug-likeness (QED) is 0.621. The van der Waals surface area contributed by atoms with Gasteiger partial charge in [0.05, 0.1) is 29.1 Å². The highest BCUT2D eigenvalue weighted by molar-refractivity contribution is 5.95. The number of carbonyl (C=O) groups is 1. The van der Waals surface area contributed by atoms with Crippen LogP contribution in [-0.4, -0.2) is 20.7 Å². The lowest BCUT2D eigenvalue weighted by Gasteiger charge is -2.18. The normalized spacial score (nSPS) is 12.8. The predicted octanol–water partition coefficient (Wildman–Crippen LogP) is 5.21. The van der Waals surface area contributed by atoms with Gasteiger partial charge in [0.15, 0.2) is 5.82 Å². The summed E-state index contributed by atoms with van der Waals surface area (Å²) in [5, 5.41) is 7.21. The van der Waals surface area contributed by atoms with Gasteiger partial charge in [-0.3, -0.25) is 4.79 Å². The number of hydrogen-bond donors (Lipinski definition) is 1. The maximum Gasteiger partial charge on any atom is 0.417 e. The van der Waals surface area contributed by atoms with E-state index in [9.17, 15) is 18.0 Å². The molecule has 1 aromatic carbocycles. The molecule has 8 heteroatoms. The zero-order chi connectivity index (χ0) is 22.1. The van der Waals surface area contributed by atoms with Crippen LogP contribution in [0.4, 0.5) is 13.2 Å². The number of aromatic nitrogens is 3. The largest absolute Gasteiger partial charge is 0.417 e. The first-order valence-corrected chi connectivity index (χ1v) is 9.57. The molecule has 30 heavy (non-hydrogen) atoms. The Hall–Kier alpha value is -3.16. The van der Waals surface area contributed by atoms with E-state index in [1.54, 1.807) is 0 Å². The molecule has 0 spiro atoms. The molecule has 1 amide bonds. The van der Waals surface area contributed by atoms with Gasteiger partial charge in [0.1, 0.15) is 0 Å². The molecule has 158 valence electrons. The number of pyridine rings is 1. The lowest BCUT2D eigenvalue weighted by atomic mass is 10.0. The van der Waals surface area contributed by atoms with Crippen LogP contribution < -0.4 is 5.32 Å². The summed E-state index contributed by atoms with van der Waals surface area (Å²) in [4.78, 5) is 16.9. The Balaban J connectivity index is 1.91. The molecule has 1 N–H and O–H groups in total. The van der Waals surface area contributed by atoms with Crippen LogP contribution >= 0.6 is 0 Å². The van der Waals surface area contributed by atoms with Crippen LogP contribution in [0.5, 0.6) is 0 Å². The Bertz CT molecular complexity index is 1040. The molecule has 0 bridgehead atoms. The van der Waals surface area contributed by atoms with Gasteiger partial charge in [-0.15, -0.1) is 0 Å². The molecule has 1 unspecified atom stereocenters. The van der Waals surface area contributed by atoms with Crippen molar-refractivity contribution < 1.29 is 18.0 Å². The van der Waals surface area contributed by atoms with Crippen LogP contribution in [0.25, 0.3) is 5.82 Å². The number of nitrogens with zero attached hydrogens (tertiary/aromatic N) is 3. The van der Waals surface area contributed by atoms with Crippen molar-refractivity contribution in [1.29, 1.82) is 0 Å². The van der Waals surface area contributed by atoms with E-state index >= 15 is 0 Å². The van der Waals surface area contributed by atoms with E-state index in [1.807, 2.05) is 52.0 Å². The van der Waals surface area contributed by atoms with Crippen molar-refractivity contribution in [3.8, 4) is 5.82 Å².